The normalized spacial score (nSPS) is 10.8. The number of H-pyrrole nitrogens is 1. The molecule has 0 aliphatic heterocycles. The van der Waals surface area contributed by atoms with E-state index in [4.69, 9.17) is 4.74 Å². The zero-order valence-corrected chi connectivity index (χ0v) is 13.7. The predicted octanol–water partition coefficient (Wildman–Crippen LogP) is 3.64. The zero-order valence-electron chi connectivity index (χ0n) is 13.7. The number of fused-ring (bicyclic) bond motifs is 1. The molecule has 0 aliphatic rings. The lowest BCUT2D eigenvalue weighted by molar-refractivity contribution is 0.415. The van der Waals surface area contributed by atoms with Gasteiger partial charge in [-0.25, -0.2) is 15.0 Å². The number of rotatable bonds is 5. The summed E-state index contributed by atoms with van der Waals surface area (Å²) >= 11 is 0. The number of methoxy groups -OCH3 is 1. The van der Waals surface area contributed by atoms with Crippen LogP contribution in [0.25, 0.3) is 22.2 Å². The zero-order chi connectivity index (χ0) is 17.1. The Balaban J connectivity index is 1.57. The van der Waals surface area contributed by atoms with Crippen molar-refractivity contribution in [3.05, 3.63) is 66.9 Å². The fourth-order valence-corrected chi connectivity index (χ4v) is 2.73. The number of imidazole rings is 1. The van der Waals surface area contributed by atoms with Crippen molar-refractivity contribution >= 4 is 16.9 Å². The van der Waals surface area contributed by atoms with E-state index in [1.54, 1.807) is 19.8 Å². The SMILES string of the molecule is COc1ccc(-c2cncnc2NCc2ccc3nc[nH]c3c2)cc1. The van der Waals surface area contributed by atoms with Gasteiger partial charge in [0.05, 0.1) is 24.5 Å². The Morgan fingerprint density at radius 3 is 2.80 bits per heavy atom. The van der Waals surface area contributed by atoms with Crippen molar-refractivity contribution in [2.24, 2.45) is 0 Å². The third-order valence-corrected chi connectivity index (χ3v) is 4.06. The van der Waals surface area contributed by atoms with Crippen LogP contribution in [-0.4, -0.2) is 27.0 Å². The van der Waals surface area contributed by atoms with E-state index in [9.17, 15) is 0 Å². The summed E-state index contributed by atoms with van der Waals surface area (Å²) in [5, 5.41) is 3.40. The Bertz CT molecular complexity index is 994. The van der Waals surface area contributed by atoms with Gasteiger partial charge in [-0.2, -0.15) is 0 Å². The highest BCUT2D eigenvalue weighted by Crippen LogP contribution is 2.27. The van der Waals surface area contributed by atoms with Crippen LogP contribution in [0.15, 0.2) is 61.3 Å². The van der Waals surface area contributed by atoms with E-state index in [1.165, 1.54) is 0 Å². The molecule has 2 aromatic carbocycles. The molecule has 6 heteroatoms. The number of aromatic amines is 1. The van der Waals surface area contributed by atoms with Gasteiger partial charge in [-0.15, -0.1) is 0 Å². The Hall–Kier alpha value is -3.41. The number of ether oxygens (including phenoxy) is 1. The van der Waals surface area contributed by atoms with Crippen LogP contribution in [0.5, 0.6) is 5.75 Å². The maximum atomic E-state index is 5.21. The summed E-state index contributed by atoms with van der Waals surface area (Å²) in [4.78, 5) is 15.9. The summed E-state index contributed by atoms with van der Waals surface area (Å²) in [6.07, 6.45) is 5.07. The molecule has 0 fully saturated rings. The monoisotopic (exact) mass is 331 g/mol. The van der Waals surface area contributed by atoms with Gasteiger partial charge in [-0.05, 0) is 35.4 Å². The molecule has 6 nitrogen and oxygen atoms in total. The van der Waals surface area contributed by atoms with Crippen molar-refractivity contribution in [2.75, 3.05) is 12.4 Å². The summed E-state index contributed by atoms with van der Waals surface area (Å²) in [7, 11) is 1.66. The number of anilines is 1. The summed E-state index contributed by atoms with van der Waals surface area (Å²) in [5.74, 6) is 1.62. The largest absolute Gasteiger partial charge is 0.497 e. The van der Waals surface area contributed by atoms with Gasteiger partial charge < -0.3 is 15.0 Å². The highest BCUT2D eigenvalue weighted by atomic mass is 16.5. The van der Waals surface area contributed by atoms with Gasteiger partial charge in [0.15, 0.2) is 0 Å². The topological polar surface area (TPSA) is 75.7 Å². The standard InChI is InChI=1S/C19H17N5O/c1-25-15-5-3-14(4-6-15)16-10-20-11-24-19(16)21-9-13-2-7-17-18(8-13)23-12-22-17/h2-8,10-12H,9H2,1H3,(H,22,23)(H,20,21,24). The van der Waals surface area contributed by atoms with Crippen LogP contribution in [0.3, 0.4) is 0 Å². The average Bonchev–Trinajstić information content (AvgIpc) is 3.14. The van der Waals surface area contributed by atoms with Crippen LogP contribution in [0.4, 0.5) is 5.82 Å². The van der Waals surface area contributed by atoms with Crippen LogP contribution in [-0.2, 0) is 6.54 Å². The van der Waals surface area contributed by atoms with E-state index >= 15 is 0 Å². The lowest BCUT2D eigenvalue weighted by Crippen LogP contribution is -2.03. The minimum absolute atomic E-state index is 0.662. The van der Waals surface area contributed by atoms with E-state index < -0.39 is 0 Å². The fourth-order valence-electron chi connectivity index (χ4n) is 2.73. The van der Waals surface area contributed by atoms with Crippen LogP contribution < -0.4 is 10.1 Å². The van der Waals surface area contributed by atoms with Crippen LogP contribution in [0.2, 0.25) is 0 Å². The molecule has 0 amide bonds. The Morgan fingerprint density at radius 2 is 1.96 bits per heavy atom. The molecule has 2 aromatic heterocycles. The van der Waals surface area contributed by atoms with Crippen molar-refractivity contribution in [3.63, 3.8) is 0 Å². The van der Waals surface area contributed by atoms with Crippen molar-refractivity contribution in [3.8, 4) is 16.9 Å². The fraction of sp³-hybridized carbons (Fsp3) is 0.105. The second-order valence-corrected chi connectivity index (χ2v) is 5.62. The van der Waals surface area contributed by atoms with E-state index in [0.717, 1.165) is 39.3 Å². The molecule has 4 aromatic rings. The maximum Gasteiger partial charge on any atom is 0.137 e. The lowest BCUT2D eigenvalue weighted by atomic mass is 10.1. The first-order chi connectivity index (χ1) is 12.3. The molecule has 0 aliphatic carbocycles. The minimum Gasteiger partial charge on any atom is -0.497 e. The quantitative estimate of drug-likeness (QED) is 0.584. The molecule has 2 heterocycles. The number of benzene rings is 2. The summed E-state index contributed by atoms with van der Waals surface area (Å²) in [5.41, 5.74) is 5.12. The molecule has 2 N–H and O–H groups in total. The molecule has 0 spiro atoms. The summed E-state index contributed by atoms with van der Waals surface area (Å²) in [6.45, 7) is 0.662. The molecule has 0 bridgehead atoms. The van der Waals surface area contributed by atoms with E-state index in [2.05, 4.69) is 37.4 Å². The third kappa shape index (κ3) is 3.14. The van der Waals surface area contributed by atoms with Crippen LogP contribution >= 0.6 is 0 Å². The van der Waals surface area contributed by atoms with E-state index in [-0.39, 0.29) is 0 Å². The second kappa shape index (κ2) is 6.60. The molecular formula is C19H17N5O. The molecule has 25 heavy (non-hydrogen) atoms. The van der Waals surface area contributed by atoms with Crippen molar-refractivity contribution in [1.29, 1.82) is 0 Å². The van der Waals surface area contributed by atoms with E-state index in [0.29, 0.717) is 6.54 Å². The number of nitrogens with one attached hydrogen (secondary N) is 2. The van der Waals surface area contributed by atoms with Crippen LogP contribution in [0.1, 0.15) is 5.56 Å². The molecule has 124 valence electrons. The molecule has 0 atom stereocenters. The van der Waals surface area contributed by atoms with Crippen molar-refractivity contribution in [1.82, 2.24) is 19.9 Å². The van der Waals surface area contributed by atoms with E-state index in [1.807, 2.05) is 36.5 Å². The molecular weight excluding hydrogens is 314 g/mol. The van der Waals surface area contributed by atoms with Gasteiger partial charge in [-0.1, -0.05) is 18.2 Å². The van der Waals surface area contributed by atoms with Gasteiger partial charge in [0, 0.05) is 18.3 Å². The van der Waals surface area contributed by atoms with Crippen LogP contribution in [0, 0.1) is 0 Å². The highest BCUT2D eigenvalue weighted by Gasteiger charge is 2.07. The Morgan fingerprint density at radius 1 is 1.08 bits per heavy atom. The number of aromatic nitrogens is 4. The molecule has 4 rings (SSSR count). The van der Waals surface area contributed by atoms with Gasteiger partial charge in [0.1, 0.15) is 17.9 Å². The third-order valence-electron chi connectivity index (χ3n) is 4.06. The molecule has 0 radical (unpaired) electrons. The first kappa shape index (κ1) is 15.1. The minimum atomic E-state index is 0.662. The summed E-state index contributed by atoms with van der Waals surface area (Å²) < 4.78 is 5.21. The first-order valence-electron chi connectivity index (χ1n) is 7.94. The Kier molecular flexibility index (Phi) is 4.00. The predicted molar refractivity (Wildman–Crippen MR) is 97.4 cm³/mol. The second-order valence-electron chi connectivity index (χ2n) is 5.62. The number of nitrogens with zero attached hydrogens (tertiary/aromatic N) is 3. The van der Waals surface area contributed by atoms with Gasteiger partial charge >= 0.3 is 0 Å². The van der Waals surface area contributed by atoms with Crippen molar-refractivity contribution < 1.29 is 4.74 Å². The molecule has 0 saturated heterocycles. The number of hydrogen-bond acceptors (Lipinski definition) is 5. The first-order valence-corrected chi connectivity index (χ1v) is 7.94. The van der Waals surface area contributed by atoms with Gasteiger partial charge in [0.25, 0.3) is 0 Å². The highest BCUT2D eigenvalue weighted by molar-refractivity contribution is 5.76. The molecule has 0 unspecified atom stereocenters. The smallest absolute Gasteiger partial charge is 0.137 e. The lowest BCUT2D eigenvalue weighted by Gasteiger charge is -2.11. The van der Waals surface area contributed by atoms with Gasteiger partial charge in [0.2, 0.25) is 0 Å². The summed E-state index contributed by atoms with van der Waals surface area (Å²) in [6, 6.07) is 14.0. The Labute approximate surface area is 144 Å². The molecule has 0 saturated carbocycles. The number of hydrogen-bond donors (Lipinski definition) is 2. The van der Waals surface area contributed by atoms with Gasteiger partial charge in [-0.3, -0.25) is 0 Å². The maximum absolute atomic E-state index is 5.21. The average molecular weight is 331 g/mol. The van der Waals surface area contributed by atoms with Crippen molar-refractivity contribution in [2.45, 2.75) is 6.54 Å².